The van der Waals surface area contributed by atoms with Crippen molar-refractivity contribution < 1.29 is 42.5 Å². The fraction of sp³-hybridized carbons (Fsp3) is 0.632. The Kier molecular flexibility index (Phi) is 19.7. The van der Waals surface area contributed by atoms with Crippen LogP contribution in [0.5, 0.6) is 0 Å². The molecule has 134 valence electrons. The minimum atomic E-state index is -4.00. The van der Waals surface area contributed by atoms with Gasteiger partial charge in [0.15, 0.2) is 0 Å². The third-order valence-electron chi connectivity index (χ3n) is 3.64. The number of hydrogen-bond acceptors (Lipinski definition) is 2. The molecule has 0 unspecified atom stereocenters. The van der Waals surface area contributed by atoms with Gasteiger partial charge in [0.25, 0.3) is 10.1 Å². The molecule has 0 aliphatic heterocycles. The molecule has 0 aromatic heterocycles. The average Bonchev–Trinajstić information content (AvgIpc) is 2.54. The van der Waals surface area contributed by atoms with Gasteiger partial charge in [-0.15, -0.1) is 0 Å². The Hall–Kier alpha value is 0.130. The SMILES string of the molecule is O=S(=O)(O)c1ccccc1.[CH2-]CCCCCCCCCCCC.[Na+]. The molecule has 1 aromatic carbocycles. The monoisotopic (exact) mass is 364 g/mol. The number of hydrogen-bond donors (Lipinski definition) is 1. The molecule has 0 aliphatic rings. The Morgan fingerprint density at radius 3 is 1.58 bits per heavy atom. The summed E-state index contributed by atoms with van der Waals surface area (Å²) in [6, 6.07) is 7.42. The predicted molar refractivity (Wildman–Crippen MR) is 98.1 cm³/mol. The van der Waals surface area contributed by atoms with Gasteiger partial charge < -0.3 is 6.92 Å². The summed E-state index contributed by atoms with van der Waals surface area (Å²) in [6.07, 6.45) is 15.4. The summed E-state index contributed by atoms with van der Waals surface area (Å²) in [7, 11) is -4.00. The summed E-state index contributed by atoms with van der Waals surface area (Å²) in [4.78, 5) is -0.0741. The van der Waals surface area contributed by atoms with E-state index in [1.54, 1.807) is 18.2 Å². The van der Waals surface area contributed by atoms with Crippen LogP contribution in [0.4, 0.5) is 0 Å². The molecular formula is C19H33NaO3S. The van der Waals surface area contributed by atoms with Gasteiger partial charge in [-0.05, 0) is 12.1 Å². The van der Waals surface area contributed by atoms with E-state index in [0.29, 0.717) is 0 Å². The molecule has 0 bridgehead atoms. The second-order valence-electron chi connectivity index (χ2n) is 5.82. The van der Waals surface area contributed by atoms with Gasteiger partial charge in [0.05, 0.1) is 4.90 Å². The second kappa shape index (κ2) is 17.9. The Balaban J connectivity index is 0. The maximum absolute atomic E-state index is 10.4. The molecular weight excluding hydrogens is 331 g/mol. The van der Waals surface area contributed by atoms with Crippen LogP contribution in [0, 0.1) is 6.92 Å². The fourth-order valence-corrected chi connectivity index (χ4v) is 2.76. The van der Waals surface area contributed by atoms with Gasteiger partial charge in [-0.2, -0.15) is 14.8 Å². The van der Waals surface area contributed by atoms with Crippen LogP contribution in [0.1, 0.15) is 77.6 Å². The average molecular weight is 365 g/mol. The van der Waals surface area contributed by atoms with Crippen LogP contribution >= 0.6 is 0 Å². The summed E-state index contributed by atoms with van der Waals surface area (Å²) in [5, 5.41) is 0. The third kappa shape index (κ3) is 17.0. The van der Waals surface area contributed by atoms with Crippen LogP contribution in [0.25, 0.3) is 0 Å². The summed E-state index contributed by atoms with van der Waals surface area (Å²) in [5.41, 5.74) is 0. The quantitative estimate of drug-likeness (QED) is 0.284. The molecule has 0 amide bonds. The first-order chi connectivity index (χ1) is 11.0. The van der Waals surface area contributed by atoms with Crippen molar-refractivity contribution in [3.63, 3.8) is 0 Å². The number of unbranched alkanes of at least 4 members (excludes halogenated alkanes) is 10. The van der Waals surface area contributed by atoms with Gasteiger partial charge in [0, 0.05) is 0 Å². The molecule has 0 spiro atoms. The van der Waals surface area contributed by atoms with Crippen LogP contribution in [-0.2, 0) is 10.1 Å². The van der Waals surface area contributed by atoms with E-state index in [1.165, 1.54) is 76.3 Å². The van der Waals surface area contributed by atoms with E-state index in [0.717, 1.165) is 6.42 Å². The summed E-state index contributed by atoms with van der Waals surface area (Å²) < 4.78 is 29.2. The van der Waals surface area contributed by atoms with Crippen LogP contribution in [-0.4, -0.2) is 13.0 Å². The summed E-state index contributed by atoms with van der Waals surface area (Å²) >= 11 is 0. The minimum absolute atomic E-state index is 0. The molecule has 1 aromatic rings. The molecule has 0 fully saturated rings. The number of rotatable bonds is 11. The van der Waals surface area contributed by atoms with E-state index in [9.17, 15) is 8.42 Å². The first kappa shape index (κ1) is 26.4. The third-order valence-corrected chi connectivity index (χ3v) is 4.51. The number of benzene rings is 1. The summed E-state index contributed by atoms with van der Waals surface area (Å²) in [5.74, 6) is 0. The zero-order chi connectivity index (χ0) is 17.4. The second-order valence-corrected chi connectivity index (χ2v) is 7.25. The molecule has 0 radical (unpaired) electrons. The smallest absolute Gasteiger partial charge is 0.343 e. The molecule has 0 heterocycles. The van der Waals surface area contributed by atoms with Crippen molar-refractivity contribution in [2.75, 3.05) is 0 Å². The molecule has 1 N–H and O–H groups in total. The predicted octanol–water partition coefficient (Wildman–Crippen LogP) is 3.07. The van der Waals surface area contributed by atoms with Gasteiger partial charge in [0.2, 0.25) is 0 Å². The standard InChI is InChI=1S/C13H27.C6H6O3S.Na/c1-3-5-7-9-11-13-12-10-8-6-4-2;7-10(8,9)6-4-2-1-3-5-6;/h1,3-13H2,2H3;1-5H,(H,7,8,9);/q-1;;+1. The Bertz CT molecular complexity index is 451. The molecule has 5 heteroatoms. The van der Waals surface area contributed by atoms with Crippen LogP contribution in [0.3, 0.4) is 0 Å². The molecule has 0 atom stereocenters. The van der Waals surface area contributed by atoms with E-state index in [-0.39, 0.29) is 34.5 Å². The minimum Gasteiger partial charge on any atom is -0.343 e. The topological polar surface area (TPSA) is 54.4 Å². The van der Waals surface area contributed by atoms with Crippen LogP contribution in [0.2, 0.25) is 0 Å². The first-order valence-electron chi connectivity index (χ1n) is 8.84. The van der Waals surface area contributed by atoms with Crippen LogP contribution < -0.4 is 29.6 Å². The van der Waals surface area contributed by atoms with Gasteiger partial charge in [-0.3, -0.25) is 4.55 Å². The molecule has 0 aliphatic carbocycles. The zero-order valence-electron chi connectivity index (χ0n) is 15.5. The van der Waals surface area contributed by atoms with E-state index in [4.69, 9.17) is 4.55 Å². The maximum atomic E-state index is 10.4. The van der Waals surface area contributed by atoms with Crippen molar-refractivity contribution in [1.29, 1.82) is 0 Å². The Morgan fingerprint density at radius 1 is 0.833 bits per heavy atom. The van der Waals surface area contributed by atoms with Crippen LogP contribution in [0.15, 0.2) is 35.2 Å². The molecule has 3 nitrogen and oxygen atoms in total. The van der Waals surface area contributed by atoms with Gasteiger partial charge in [-0.25, -0.2) is 0 Å². The van der Waals surface area contributed by atoms with Gasteiger partial charge >= 0.3 is 29.6 Å². The molecule has 1 rings (SSSR count). The maximum Gasteiger partial charge on any atom is 1.00 e. The fourth-order valence-electron chi connectivity index (χ4n) is 2.26. The summed E-state index contributed by atoms with van der Waals surface area (Å²) in [6.45, 7) is 6.13. The van der Waals surface area contributed by atoms with E-state index in [1.807, 2.05) is 0 Å². The van der Waals surface area contributed by atoms with E-state index < -0.39 is 10.1 Å². The van der Waals surface area contributed by atoms with Crippen molar-refractivity contribution in [2.24, 2.45) is 0 Å². The van der Waals surface area contributed by atoms with Crippen molar-refractivity contribution in [2.45, 2.75) is 82.4 Å². The normalized spacial score (nSPS) is 10.5. The first-order valence-corrected chi connectivity index (χ1v) is 10.3. The molecule has 0 saturated heterocycles. The molecule has 24 heavy (non-hydrogen) atoms. The van der Waals surface area contributed by atoms with Gasteiger partial charge in [0.1, 0.15) is 0 Å². The van der Waals surface area contributed by atoms with E-state index in [2.05, 4.69) is 13.8 Å². The Labute approximate surface area is 171 Å². The Morgan fingerprint density at radius 2 is 1.25 bits per heavy atom. The van der Waals surface area contributed by atoms with Gasteiger partial charge in [-0.1, -0.05) is 89.3 Å². The molecule has 0 saturated carbocycles. The zero-order valence-corrected chi connectivity index (χ0v) is 18.4. The van der Waals surface area contributed by atoms with E-state index >= 15 is 0 Å². The van der Waals surface area contributed by atoms with Crippen molar-refractivity contribution in [3.05, 3.63) is 37.3 Å². The largest absolute Gasteiger partial charge is 1.00 e. The van der Waals surface area contributed by atoms with Crippen molar-refractivity contribution >= 4 is 10.1 Å². The van der Waals surface area contributed by atoms with Crippen molar-refractivity contribution in [3.8, 4) is 0 Å². The van der Waals surface area contributed by atoms with Crippen molar-refractivity contribution in [1.82, 2.24) is 0 Å².